The van der Waals surface area contributed by atoms with E-state index in [1.165, 1.54) is 27.8 Å². The molecule has 0 aromatic heterocycles. The van der Waals surface area contributed by atoms with Crippen molar-refractivity contribution >= 4 is 0 Å². The van der Waals surface area contributed by atoms with Gasteiger partial charge in [-0.1, -0.05) is 78.9 Å². The molecule has 152 valence electrons. The normalized spacial score (nSPS) is 28.2. The molecule has 3 heteroatoms. The van der Waals surface area contributed by atoms with Crippen molar-refractivity contribution in [2.24, 2.45) is 0 Å². The first-order chi connectivity index (χ1) is 14.7. The van der Waals surface area contributed by atoms with Crippen LogP contribution in [0.4, 0.5) is 0 Å². The summed E-state index contributed by atoms with van der Waals surface area (Å²) in [5.41, 5.74) is 5.68. The lowest BCUT2D eigenvalue weighted by atomic mass is 9.70. The molecule has 3 nitrogen and oxygen atoms in total. The molecule has 6 rings (SSSR count). The van der Waals surface area contributed by atoms with E-state index in [1.807, 2.05) is 0 Å². The zero-order valence-electron chi connectivity index (χ0n) is 17.1. The van der Waals surface area contributed by atoms with Crippen LogP contribution in [0, 0.1) is 0 Å². The number of morpholine rings is 1. The summed E-state index contributed by atoms with van der Waals surface area (Å²) in [5.74, 6) is 0.0341. The van der Waals surface area contributed by atoms with Crippen LogP contribution in [0.5, 0.6) is 0 Å². The fourth-order valence-corrected chi connectivity index (χ4v) is 6.10. The van der Waals surface area contributed by atoms with Crippen LogP contribution >= 0.6 is 0 Å². The van der Waals surface area contributed by atoms with Crippen molar-refractivity contribution in [3.8, 4) is 11.1 Å². The quantitative estimate of drug-likeness (QED) is 0.701. The summed E-state index contributed by atoms with van der Waals surface area (Å²) >= 11 is 0. The maximum absolute atomic E-state index is 12.2. The first-order valence-corrected chi connectivity index (χ1v) is 11.0. The van der Waals surface area contributed by atoms with Gasteiger partial charge in [-0.25, -0.2) is 0 Å². The smallest absolute Gasteiger partial charge is 0.0788 e. The molecule has 0 amide bonds. The Morgan fingerprint density at radius 1 is 0.767 bits per heavy atom. The standard InChI is InChI=1S/C27H27NO2/c29-27(26-24-12-6-4-10-22(24)23-11-5-7-13-25(23)26)14-20-17-30-18-21(15-27)28(20)16-19-8-2-1-3-9-19/h1-13,20-21,26,29H,14-18H2. The Bertz CT molecular complexity index is 1000. The summed E-state index contributed by atoms with van der Waals surface area (Å²) in [6.07, 6.45) is 1.48. The van der Waals surface area contributed by atoms with Gasteiger partial charge in [0.15, 0.2) is 0 Å². The van der Waals surface area contributed by atoms with Crippen molar-refractivity contribution in [2.45, 2.75) is 43.0 Å². The first kappa shape index (κ1) is 18.3. The summed E-state index contributed by atoms with van der Waals surface area (Å²) in [6.45, 7) is 2.32. The van der Waals surface area contributed by atoms with Gasteiger partial charge in [0.2, 0.25) is 0 Å². The minimum absolute atomic E-state index is 0.0341. The molecule has 3 aliphatic rings. The number of benzene rings is 3. The number of ether oxygens (including phenoxy) is 1. The second-order valence-electron chi connectivity index (χ2n) is 9.12. The number of nitrogens with zero attached hydrogens (tertiary/aromatic N) is 1. The molecule has 0 radical (unpaired) electrons. The molecule has 2 aliphatic heterocycles. The Labute approximate surface area is 177 Å². The molecule has 2 heterocycles. The van der Waals surface area contributed by atoms with Crippen LogP contribution in [-0.4, -0.2) is 40.9 Å². The van der Waals surface area contributed by atoms with Crippen molar-refractivity contribution in [3.63, 3.8) is 0 Å². The number of piperidine rings is 1. The molecule has 1 N–H and O–H groups in total. The topological polar surface area (TPSA) is 32.7 Å². The third kappa shape index (κ3) is 2.84. The third-order valence-corrected chi connectivity index (χ3v) is 7.32. The zero-order chi connectivity index (χ0) is 20.1. The van der Waals surface area contributed by atoms with Crippen molar-refractivity contribution in [2.75, 3.05) is 13.2 Å². The zero-order valence-corrected chi connectivity index (χ0v) is 17.1. The average molecular weight is 398 g/mol. The van der Waals surface area contributed by atoms with Crippen LogP contribution < -0.4 is 0 Å². The first-order valence-electron chi connectivity index (χ1n) is 11.0. The van der Waals surface area contributed by atoms with E-state index in [9.17, 15) is 5.11 Å². The molecule has 3 aromatic carbocycles. The maximum atomic E-state index is 12.2. The number of fused-ring (bicyclic) bond motifs is 5. The molecule has 1 aliphatic carbocycles. The lowest BCUT2D eigenvalue weighted by molar-refractivity contribution is -0.150. The fourth-order valence-electron chi connectivity index (χ4n) is 6.10. The van der Waals surface area contributed by atoms with Crippen molar-refractivity contribution in [3.05, 3.63) is 95.6 Å². The van der Waals surface area contributed by atoms with E-state index in [2.05, 4.69) is 83.8 Å². The highest BCUT2D eigenvalue weighted by atomic mass is 16.5. The Kier molecular flexibility index (Phi) is 4.31. The van der Waals surface area contributed by atoms with Crippen molar-refractivity contribution in [1.82, 2.24) is 4.90 Å². The van der Waals surface area contributed by atoms with Crippen LogP contribution in [0.3, 0.4) is 0 Å². The molecule has 2 saturated heterocycles. The van der Waals surface area contributed by atoms with Crippen LogP contribution in [0.1, 0.15) is 35.4 Å². The van der Waals surface area contributed by atoms with Crippen LogP contribution in [0.15, 0.2) is 78.9 Å². The molecular formula is C27H27NO2. The van der Waals surface area contributed by atoms with Crippen LogP contribution in [0.2, 0.25) is 0 Å². The lowest BCUT2D eigenvalue weighted by Crippen LogP contribution is -2.62. The monoisotopic (exact) mass is 397 g/mol. The second-order valence-corrected chi connectivity index (χ2v) is 9.12. The number of rotatable bonds is 3. The SMILES string of the molecule is OC1(C2c3ccccc3-c3ccccc32)CC2COCC(C1)N2Cc1ccccc1. The van der Waals surface area contributed by atoms with Crippen molar-refractivity contribution in [1.29, 1.82) is 0 Å². The predicted octanol–water partition coefficient (Wildman–Crippen LogP) is 4.59. The van der Waals surface area contributed by atoms with Gasteiger partial charge < -0.3 is 9.84 Å². The van der Waals surface area contributed by atoms with Gasteiger partial charge in [-0.05, 0) is 40.7 Å². The van der Waals surface area contributed by atoms with Gasteiger partial charge in [0.25, 0.3) is 0 Å². The largest absolute Gasteiger partial charge is 0.389 e. The van der Waals surface area contributed by atoms with Gasteiger partial charge in [-0.2, -0.15) is 0 Å². The van der Waals surface area contributed by atoms with E-state index in [4.69, 9.17) is 4.74 Å². The fraction of sp³-hybridized carbons (Fsp3) is 0.333. The van der Waals surface area contributed by atoms with Gasteiger partial charge in [0.05, 0.1) is 18.8 Å². The summed E-state index contributed by atoms with van der Waals surface area (Å²) in [6, 6.07) is 28.4. The molecule has 2 atom stereocenters. The molecule has 2 unspecified atom stereocenters. The minimum atomic E-state index is -0.755. The molecule has 0 spiro atoms. The van der Waals surface area contributed by atoms with E-state index in [0.717, 1.165) is 19.4 Å². The number of aliphatic hydroxyl groups is 1. The van der Waals surface area contributed by atoms with Gasteiger partial charge in [0, 0.05) is 24.5 Å². The van der Waals surface area contributed by atoms with E-state index in [0.29, 0.717) is 13.2 Å². The average Bonchev–Trinajstić information content (AvgIpc) is 3.11. The Hall–Kier alpha value is -2.46. The van der Waals surface area contributed by atoms with Crippen molar-refractivity contribution < 1.29 is 9.84 Å². The predicted molar refractivity (Wildman–Crippen MR) is 118 cm³/mol. The highest BCUT2D eigenvalue weighted by Gasteiger charge is 2.52. The van der Waals surface area contributed by atoms with Crippen LogP contribution in [0.25, 0.3) is 11.1 Å². The Morgan fingerprint density at radius 2 is 1.30 bits per heavy atom. The molecule has 0 saturated carbocycles. The minimum Gasteiger partial charge on any atom is -0.389 e. The summed E-state index contributed by atoms with van der Waals surface area (Å²) < 4.78 is 5.95. The maximum Gasteiger partial charge on any atom is 0.0788 e. The Balaban J connectivity index is 1.36. The Morgan fingerprint density at radius 3 is 1.90 bits per heavy atom. The number of hydrogen-bond donors (Lipinski definition) is 1. The molecule has 2 fully saturated rings. The van der Waals surface area contributed by atoms with Gasteiger partial charge in [-0.15, -0.1) is 0 Å². The number of hydrogen-bond acceptors (Lipinski definition) is 3. The molecular weight excluding hydrogens is 370 g/mol. The third-order valence-electron chi connectivity index (χ3n) is 7.32. The summed E-state index contributed by atoms with van der Waals surface area (Å²) in [4.78, 5) is 2.57. The molecule has 30 heavy (non-hydrogen) atoms. The van der Waals surface area contributed by atoms with Gasteiger partial charge >= 0.3 is 0 Å². The van der Waals surface area contributed by atoms with E-state index >= 15 is 0 Å². The molecule has 2 bridgehead atoms. The second kappa shape index (κ2) is 7.05. The highest BCUT2D eigenvalue weighted by Crippen LogP contribution is 2.54. The molecule has 3 aromatic rings. The van der Waals surface area contributed by atoms with Gasteiger partial charge in [0.1, 0.15) is 0 Å². The van der Waals surface area contributed by atoms with Crippen LogP contribution in [-0.2, 0) is 11.3 Å². The van der Waals surface area contributed by atoms with E-state index in [-0.39, 0.29) is 18.0 Å². The lowest BCUT2D eigenvalue weighted by Gasteiger charge is -2.53. The summed E-state index contributed by atoms with van der Waals surface area (Å²) in [5, 5.41) is 12.2. The van der Waals surface area contributed by atoms with Gasteiger partial charge in [-0.3, -0.25) is 4.90 Å². The highest BCUT2D eigenvalue weighted by molar-refractivity contribution is 5.79. The van der Waals surface area contributed by atoms with E-state index < -0.39 is 5.60 Å². The summed E-state index contributed by atoms with van der Waals surface area (Å²) in [7, 11) is 0. The van der Waals surface area contributed by atoms with E-state index in [1.54, 1.807) is 0 Å².